The molecule has 0 saturated heterocycles. The lowest BCUT2D eigenvalue weighted by Crippen LogP contribution is -2.09. The Labute approximate surface area is 116 Å². The van der Waals surface area contributed by atoms with E-state index < -0.39 is 0 Å². The monoisotopic (exact) mass is 278 g/mol. The van der Waals surface area contributed by atoms with Gasteiger partial charge in [-0.2, -0.15) is 4.98 Å². The van der Waals surface area contributed by atoms with E-state index in [0.29, 0.717) is 18.1 Å². The number of hydrogen-bond acceptors (Lipinski definition) is 5. The Kier molecular flexibility index (Phi) is 4.41. The number of halogens is 1. The van der Waals surface area contributed by atoms with E-state index in [1.165, 1.54) is 11.8 Å². The number of nitrogens with zero attached hydrogens (tertiary/aromatic N) is 2. The van der Waals surface area contributed by atoms with Crippen molar-refractivity contribution in [3.63, 3.8) is 0 Å². The van der Waals surface area contributed by atoms with Crippen LogP contribution in [0.5, 0.6) is 5.75 Å². The van der Waals surface area contributed by atoms with E-state index in [1.807, 2.05) is 24.3 Å². The first kappa shape index (κ1) is 13.4. The molecule has 3 N–H and O–H groups in total. The van der Waals surface area contributed by atoms with Gasteiger partial charge in [0.15, 0.2) is 5.82 Å². The molecule has 0 aliphatic rings. The molecule has 0 radical (unpaired) electrons. The molecule has 0 fully saturated rings. The Morgan fingerprint density at radius 3 is 3.05 bits per heavy atom. The van der Waals surface area contributed by atoms with E-state index in [-0.39, 0.29) is 5.28 Å². The van der Waals surface area contributed by atoms with Gasteiger partial charge in [0.25, 0.3) is 0 Å². The van der Waals surface area contributed by atoms with Crippen molar-refractivity contribution in [2.45, 2.75) is 6.42 Å². The molecule has 2 aromatic rings. The van der Waals surface area contributed by atoms with Crippen LogP contribution in [0, 0.1) is 0 Å². The van der Waals surface area contributed by atoms with Gasteiger partial charge in [0, 0.05) is 6.54 Å². The molecule has 100 valence electrons. The molecule has 1 aromatic heterocycles. The van der Waals surface area contributed by atoms with Crippen LogP contribution in [0.25, 0.3) is 0 Å². The first-order chi connectivity index (χ1) is 9.19. The third-order valence-corrected chi connectivity index (χ3v) is 2.81. The highest BCUT2D eigenvalue weighted by atomic mass is 35.5. The van der Waals surface area contributed by atoms with Crippen molar-refractivity contribution in [2.75, 3.05) is 24.7 Å². The minimum absolute atomic E-state index is 0.179. The number of anilines is 2. The molecule has 0 saturated carbocycles. The predicted molar refractivity (Wildman–Crippen MR) is 76.6 cm³/mol. The summed E-state index contributed by atoms with van der Waals surface area (Å²) < 4.78 is 5.18. The lowest BCUT2D eigenvalue weighted by atomic mass is 10.1. The summed E-state index contributed by atoms with van der Waals surface area (Å²) in [6.45, 7) is 0.699. The van der Waals surface area contributed by atoms with Crippen molar-refractivity contribution >= 4 is 23.1 Å². The highest BCUT2D eigenvalue weighted by molar-refractivity contribution is 6.28. The van der Waals surface area contributed by atoms with Crippen molar-refractivity contribution in [1.29, 1.82) is 0 Å². The summed E-state index contributed by atoms with van der Waals surface area (Å²) in [6, 6.07) is 7.92. The summed E-state index contributed by atoms with van der Waals surface area (Å²) in [5.41, 5.74) is 7.40. The molecule has 19 heavy (non-hydrogen) atoms. The van der Waals surface area contributed by atoms with E-state index in [0.717, 1.165) is 12.2 Å². The molecule has 1 aromatic carbocycles. The average Bonchev–Trinajstić information content (AvgIpc) is 2.43. The quantitative estimate of drug-likeness (QED) is 0.822. The number of aromatic nitrogens is 2. The lowest BCUT2D eigenvalue weighted by molar-refractivity contribution is 0.414. The van der Waals surface area contributed by atoms with Crippen LogP contribution in [0.15, 0.2) is 30.5 Å². The number of methoxy groups -OCH3 is 1. The molecular formula is C13H15ClN4O. The zero-order valence-corrected chi connectivity index (χ0v) is 11.3. The summed E-state index contributed by atoms with van der Waals surface area (Å²) in [6.07, 6.45) is 2.32. The third-order valence-electron chi connectivity index (χ3n) is 2.63. The predicted octanol–water partition coefficient (Wildman–Crippen LogP) is 2.38. The van der Waals surface area contributed by atoms with Gasteiger partial charge in [0.1, 0.15) is 5.75 Å². The van der Waals surface area contributed by atoms with Crippen LogP contribution in [-0.4, -0.2) is 23.6 Å². The largest absolute Gasteiger partial charge is 0.497 e. The van der Waals surface area contributed by atoms with E-state index >= 15 is 0 Å². The lowest BCUT2D eigenvalue weighted by Gasteiger charge is -2.08. The van der Waals surface area contributed by atoms with E-state index in [2.05, 4.69) is 15.3 Å². The van der Waals surface area contributed by atoms with Gasteiger partial charge in [0.05, 0.1) is 19.0 Å². The number of ether oxygens (including phenoxy) is 1. The van der Waals surface area contributed by atoms with Gasteiger partial charge < -0.3 is 15.8 Å². The topological polar surface area (TPSA) is 73.1 Å². The molecule has 2 rings (SSSR count). The van der Waals surface area contributed by atoms with Crippen molar-refractivity contribution in [1.82, 2.24) is 9.97 Å². The summed E-state index contributed by atoms with van der Waals surface area (Å²) in [7, 11) is 1.65. The van der Waals surface area contributed by atoms with E-state index in [1.54, 1.807) is 7.11 Å². The Balaban J connectivity index is 1.94. The molecule has 0 atom stereocenters. The molecule has 0 bridgehead atoms. The van der Waals surface area contributed by atoms with Crippen LogP contribution in [0.1, 0.15) is 5.56 Å². The van der Waals surface area contributed by atoms with Crippen molar-refractivity contribution in [2.24, 2.45) is 0 Å². The number of nitrogens with one attached hydrogen (secondary N) is 1. The average molecular weight is 279 g/mol. The van der Waals surface area contributed by atoms with Gasteiger partial charge in [-0.1, -0.05) is 12.1 Å². The van der Waals surface area contributed by atoms with Crippen LogP contribution in [0.4, 0.5) is 11.5 Å². The second kappa shape index (κ2) is 6.24. The second-order valence-corrected chi connectivity index (χ2v) is 4.31. The summed E-state index contributed by atoms with van der Waals surface area (Å²) in [4.78, 5) is 7.83. The highest BCUT2D eigenvalue weighted by Crippen LogP contribution is 2.16. The molecular weight excluding hydrogens is 264 g/mol. The number of hydrogen-bond donors (Lipinski definition) is 2. The number of benzene rings is 1. The Morgan fingerprint density at radius 2 is 2.26 bits per heavy atom. The summed E-state index contributed by atoms with van der Waals surface area (Å²) in [5, 5.41) is 3.32. The Morgan fingerprint density at radius 1 is 1.42 bits per heavy atom. The second-order valence-electron chi connectivity index (χ2n) is 3.97. The van der Waals surface area contributed by atoms with Crippen molar-refractivity contribution in [3.8, 4) is 5.75 Å². The fraction of sp³-hybridized carbons (Fsp3) is 0.231. The molecule has 0 aliphatic heterocycles. The molecule has 0 unspecified atom stereocenters. The normalized spacial score (nSPS) is 10.2. The van der Waals surface area contributed by atoms with Crippen LogP contribution < -0.4 is 15.8 Å². The molecule has 0 spiro atoms. The first-order valence-corrected chi connectivity index (χ1v) is 6.21. The molecule has 0 amide bonds. The maximum Gasteiger partial charge on any atom is 0.224 e. The number of nitrogen functional groups attached to an aromatic ring is 1. The van der Waals surface area contributed by atoms with E-state index in [9.17, 15) is 0 Å². The maximum atomic E-state index is 5.75. The first-order valence-electron chi connectivity index (χ1n) is 5.84. The van der Waals surface area contributed by atoms with Crippen LogP contribution in [-0.2, 0) is 6.42 Å². The van der Waals surface area contributed by atoms with Crippen LogP contribution >= 0.6 is 11.6 Å². The fourth-order valence-corrected chi connectivity index (χ4v) is 1.80. The number of rotatable bonds is 5. The maximum absolute atomic E-state index is 5.75. The molecule has 5 nitrogen and oxygen atoms in total. The van der Waals surface area contributed by atoms with Gasteiger partial charge in [-0.05, 0) is 35.7 Å². The standard InChI is InChI=1S/C13H15ClN4O/c1-19-10-4-2-3-9(7-10)5-6-16-12-11(15)8-17-13(14)18-12/h2-4,7-8H,5-6,15H2,1H3,(H,16,17,18). The summed E-state index contributed by atoms with van der Waals surface area (Å²) in [5.74, 6) is 1.41. The smallest absolute Gasteiger partial charge is 0.224 e. The van der Waals surface area contributed by atoms with Gasteiger partial charge in [-0.25, -0.2) is 4.98 Å². The highest BCUT2D eigenvalue weighted by Gasteiger charge is 2.02. The zero-order chi connectivity index (χ0) is 13.7. The summed E-state index contributed by atoms with van der Waals surface area (Å²) >= 11 is 5.72. The van der Waals surface area contributed by atoms with Gasteiger partial charge in [-0.3, -0.25) is 0 Å². The third kappa shape index (κ3) is 3.72. The Hall–Kier alpha value is -2.01. The minimum Gasteiger partial charge on any atom is -0.497 e. The zero-order valence-electron chi connectivity index (χ0n) is 10.6. The van der Waals surface area contributed by atoms with E-state index in [4.69, 9.17) is 22.1 Å². The van der Waals surface area contributed by atoms with Crippen molar-refractivity contribution in [3.05, 3.63) is 41.3 Å². The molecule has 6 heteroatoms. The SMILES string of the molecule is COc1cccc(CCNc2nc(Cl)ncc2N)c1. The molecule has 1 heterocycles. The minimum atomic E-state index is 0.179. The van der Waals surface area contributed by atoms with Gasteiger partial charge >= 0.3 is 0 Å². The fourth-order valence-electron chi connectivity index (χ4n) is 1.66. The number of nitrogens with two attached hydrogens (primary N) is 1. The van der Waals surface area contributed by atoms with Crippen LogP contribution in [0.3, 0.4) is 0 Å². The van der Waals surface area contributed by atoms with Gasteiger partial charge in [0.2, 0.25) is 5.28 Å². The van der Waals surface area contributed by atoms with Gasteiger partial charge in [-0.15, -0.1) is 0 Å². The Bertz CT molecular complexity index is 562. The van der Waals surface area contributed by atoms with Crippen LogP contribution in [0.2, 0.25) is 5.28 Å². The molecule has 0 aliphatic carbocycles. The van der Waals surface area contributed by atoms with Crippen molar-refractivity contribution < 1.29 is 4.74 Å².